The molecule has 0 bridgehead atoms. The third-order valence-electron chi connectivity index (χ3n) is 4.19. The van der Waals surface area contributed by atoms with Crippen LogP contribution in [0.3, 0.4) is 0 Å². The van der Waals surface area contributed by atoms with Crippen molar-refractivity contribution in [1.82, 2.24) is 5.32 Å². The molecule has 5 nitrogen and oxygen atoms in total. The minimum absolute atomic E-state index is 0.118. The van der Waals surface area contributed by atoms with E-state index in [0.717, 1.165) is 16.6 Å². The molecule has 1 N–H and O–H groups in total. The van der Waals surface area contributed by atoms with E-state index in [4.69, 9.17) is 9.31 Å². The van der Waals surface area contributed by atoms with Crippen LogP contribution in [0.1, 0.15) is 49.2 Å². The third kappa shape index (κ3) is 4.10. The highest BCUT2D eigenvalue weighted by atomic mass is 32.1. The minimum atomic E-state index is -0.534. The van der Waals surface area contributed by atoms with Gasteiger partial charge in [-0.3, -0.25) is 9.59 Å². The van der Waals surface area contributed by atoms with Crippen LogP contribution in [0.15, 0.2) is 17.6 Å². The van der Waals surface area contributed by atoms with E-state index in [1.807, 2.05) is 39.8 Å². The molecule has 1 aliphatic rings. The van der Waals surface area contributed by atoms with Crippen molar-refractivity contribution in [3.05, 3.63) is 27.4 Å². The van der Waals surface area contributed by atoms with Gasteiger partial charge in [-0.25, -0.2) is 0 Å². The second-order valence-electron chi connectivity index (χ2n) is 6.58. The van der Waals surface area contributed by atoms with Crippen molar-refractivity contribution < 1.29 is 18.9 Å². The molecule has 0 aliphatic carbocycles. The fourth-order valence-electron chi connectivity index (χ4n) is 2.12. The van der Waals surface area contributed by atoms with E-state index in [1.165, 1.54) is 18.3 Å². The monoisotopic (exact) mass is 335 g/mol. The van der Waals surface area contributed by atoms with Crippen LogP contribution in [-0.2, 0) is 14.1 Å². The first-order valence-corrected chi connectivity index (χ1v) is 8.32. The lowest BCUT2D eigenvalue weighted by Gasteiger charge is -2.32. The van der Waals surface area contributed by atoms with Crippen LogP contribution in [0.4, 0.5) is 0 Å². The van der Waals surface area contributed by atoms with Crippen LogP contribution in [0, 0.1) is 0 Å². The summed E-state index contributed by atoms with van der Waals surface area (Å²) in [6.45, 7) is 9.74. The molecule has 2 rings (SSSR count). The first kappa shape index (κ1) is 17.9. The molecule has 7 heteroatoms. The Kier molecular flexibility index (Phi) is 5.13. The number of rotatable bonds is 5. The smallest absolute Gasteiger partial charge is 0.400 e. The molecule has 0 spiro atoms. The Morgan fingerprint density at radius 2 is 1.78 bits per heavy atom. The summed E-state index contributed by atoms with van der Waals surface area (Å²) in [5.41, 5.74) is -0.0783. The molecule has 0 unspecified atom stereocenters. The van der Waals surface area contributed by atoms with E-state index < -0.39 is 18.3 Å². The Balaban J connectivity index is 2.27. The summed E-state index contributed by atoms with van der Waals surface area (Å²) >= 11 is 1.39. The van der Waals surface area contributed by atoms with Crippen LogP contribution >= 0.6 is 11.3 Å². The number of hydrogen-bond acceptors (Lipinski definition) is 5. The molecule has 124 valence electrons. The van der Waals surface area contributed by atoms with E-state index in [1.54, 1.807) is 6.07 Å². The first-order valence-electron chi connectivity index (χ1n) is 7.50. The predicted molar refractivity (Wildman–Crippen MR) is 92.4 cm³/mol. The molecule has 1 fully saturated rings. The maximum atomic E-state index is 11.3. The summed E-state index contributed by atoms with van der Waals surface area (Å²) in [6, 6.07) is 3.64. The topological polar surface area (TPSA) is 64.6 Å². The van der Waals surface area contributed by atoms with Crippen molar-refractivity contribution in [1.29, 1.82) is 0 Å². The van der Waals surface area contributed by atoms with Crippen LogP contribution < -0.4 is 5.32 Å². The number of carbonyl (C=O) groups excluding carboxylic acids is 2. The Morgan fingerprint density at radius 1 is 1.22 bits per heavy atom. The van der Waals surface area contributed by atoms with Gasteiger partial charge in [0.05, 0.1) is 16.1 Å². The number of aldehydes is 1. The van der Waals surface area contributed by atoms with Crippen LogP contribution in [0.5, 0.6) is 0 Å². The zero-order valence-corrected chi connectivity index (χ0v) is 15.0. The quantitative estimate of drug-likeness (QED) is 0.664. The van der Waals surface area contributed by atoms with E-state index in [0.29, 0.717) is 11.4 Å². The normalized spacial score (nSPS) is 19.7. The lowest BCUT2D eigenvalue weighted by molar-refractivity contribution is -0.118. The standard InChI is InChI=1S/C16H22BNO4S/c1-11(20)18-9-12(8-13-6-7-14(10-19)23-13)17-21-15(2,3)16(4,5)22-17/h6-8,10H,9H2,1-5H3,(H,18,20). The summed E-state index contributed by atoms with van der Waals surface area (Å²) in [6.07, 6.45) is 2.74. The SMILES string of the molecule is CC(=O)NCC(=Cc1ccc(C=O)s1)B1OC(C)(C)C(C)(C)O1. The van der Waals surface area contributed by atoms with Crippen molar-refractivity contribution in [3.8, 4) is 0 Å². The van der Waals surface area contributed by atoms with Gasteiger partial charge in [0.1, 0.15) is 0 Å². The van der Waals surface area contributed by atoms with Gasteiger partial charge in [0.25, 0.3) is 0 Å². The van der Waals surface area contributed by atoms with Crippen LogP contribution in [0.25, 0.3) is 6.08 Å². The van der Waals surface area contributed by atoms with Gasteiger partial charge in [-0.2, -0.15) is 0 Å². The molecule has 2 heterocycles. The van der Waals surface area contributed by atoms with Crippen molar-refractivity contribution >= 4 is 36.7 Å². The average Bonchev–Trinajstić information content (AvgIpc) is 2.97. The van der Waals surface area contributed by atoms with Gasteiger partial charge in [0, 0.05) is 18.3 Å². The number of carbonyl (C=O) groups is 2. The fraction of sp³-hybridized carbons (Fsp3) is 0.500. The molecular formula is C16H22BNO4S. The highest BCUT2D eigenvalue weighted by Crippen LogP contribution is 2.38. The highest BCUT2D eigenvalue weighted by Gasteiger charge is 2.52. The molecule has 23 heavy (non-hydrogen) atoms. The second kappa shape index (κ2) is 6.59. The summed E-state index contributed by atoms with van der Waals surface area (Å²) in [5.74, 6) is -0.118. The molecule has 0 atom stereocenters. The van der Waals surface area contributed by atoms with Crippen molar-refractivity contribution in [2.24, 2.45) is 0 Å². The molecule has 1 aliphatic heterocycles. The number of hydrogen-bond donors (Lipinski definition) is 1. The van der Waals surface area contributed by atoms with Crippen molar-refractivity contribution in [2.75, 3.05) is 6.54 Å². The van der Waals surface area contributed by atoms with Gasteiger partial charge < -0.3 is 14.6 Å². The molecule has 1 saturated heterocycles. The highest BCUT2D eigenvalue weighted by molar-refractivity contribution is 7.14. The van der Waals surface area contributed by atoms with Crippen molar-refractivity contribution in [3.63, 3.8) is 0 Å². The second-order valence-corrected chi connectivity index (χ2v) is 7.72. The van der Waals surface area contributed by atoms with Gasteiger partial charge in [0.15, 0.2) is 6.29 Å². The summed E-state index contributed by atoms with van der Waals surface area (Å²) in [5, 5.41) is 2.79. The van der Waals surface area contributed by atoms with Gasteiger partial charge in [-0.15, -0.1) is 11.3 Å². The van der Waals surface area contributed by atoms with E-state index in [-0.39, 0.29) is 5.91 Å². The van der Waals surface area contributed by atoms with Gasteiger partial charge in [0.2, 0.25) is 5.91 Å². The van der Waals surface area contributed by atoms with E-state index >= 15 is 0 Å². The van der Waals surface area contributed by atoms with E-state index in [9.17, 15) is 9.59 Å². The number of thiophene rings is 1. The Hall–Kier alpha value is -1.44. The zero-order chi connectivity index (χ0) is 17.3. The summed E-state index contributed by atoms with van der Waals surface area (Å²) < 4.78 is 12.1. The number of nitrogens with one attached hydrogen (secondary N) is 1. The molecule has 1 aromatic heterocycles. The van der Waals surface area contributed by atoms with Crippen LogP contribution in [-0.4, -0.2) is 37.1 Å². The maximum Gasteiger partial charge on any atom is 0.492 e. The fourth-order valence-corrected chi connectivity index (χ4v) is 2.92. The minimum Gasteiger partial charge on any atom is -0.400 e. The molecule has 0 saturated carbocycles. The molecule has 0 aromatic carbocycles. The Morgan fingerprint density at radius 3 is 2.26 bits per heavy atom. The summed E-state index contributed by atoms with van der Waals surface area (Å²) in [4.78, 5) is 23.7. The predicted octanol–water partition coefficient (Wildman–Crippen LogP) is 2.71. The molecule has 0 radical (unpaired) electrons. The summed E-state index contributed by atoms with van der Waals surface area (Å²) in [7, 11) is -0.534. The van der Waals surface area contributed by atoms with Crippen molar-refractivity contribution in [2.45, 2.75) is 45.8 Å². The molecule has 1 aromatic rings. The maximum absolute atomic E-state index is 11.3. The van der Waals surface area contributed by atoms with Gasteiger partial charge in [-0.05, 0) is 51.4 Å². The van der Waals surface area contributed by atoms with Gasteiger partial charge in [-0.1, -0.05) is 0 Å². The van der Waals surface area contributed by atoms with E-state index in [2.05, 4.69) is 5.32 Å². The lowest BCUT2D eigenvalue weighted by Crippen LogP contribution is -2.41. The molecule has 1 amide bonds. The zero-order valence-electron chi connectivity index (χ0n) is 14.1. The Bertz CT molecular complexity index is 620. The average molecular weight is 335 g/mol. The largest absolute Gasteiger partial charge is 0.492 e. The first-order chi connectivity index (χ1) is 10.6. The lowest BCUT2D eigenvalue weighted by atomic mass is 9.77. The van der Waals surface area contributed by atoms with Gasteiger partial charge >= 0.3 is 7.12 Å². The number of amides is 1. The Labute approximate surface area is 141 Å². The van der Waals surface area contributed by atoms with Crippen LogP contribution in [0.2, 0.25) is 0 Å². The third-order valence-corrected chi connectivity index (χ3v) is 5.15. The molecular weight excluding hydrogens is 313 g/mol.